The number of sulfonamides is 1. The largest absolute Gasteiger partial charge is 0.508 e. The number of nitrogens with zero attached hydrogens (tertiary/aromatic N) is 5. The van der Waals surface area contributed by atoms with Crippen molar-refractivity contribution in [1.29, 1.82) is 0 Å². The summed E-state index contributed by atoms with van der Waals surface area (Å²) in [5, 5.41) is 18.5. The lowest BCUT2D eigenvalue weighted by atomic mass is 10.0. The van der Waals surface area contributed by atoms with Crippen LogP contribution in [0.15, 0.2) is 107 Å². The number of hydrogen-bond acceptors (Lipinski definition) is 9. The third kappa shape index (κ3) is 5.29. The van der Waals surface area contributed by atoms with E-state index in [1.165, 1.54) is 30.6 Å². The molecular formula is C33H29N9O4S. The molecule has 4 heterocycles. The summed E-state index contributed by atoms with van der Waals surface area (Å²) in [6, 6.07) is 21.0. The van der Waals surface area contributed by atoms with Gasteiger partial charge in [0, 0.05) is 23.3 Å². The van der Waals surface area contributed by atoms with Crippen LogP contribution in [0, 0.1) is 6.92 Å². The van der Waals surface area contributed by atoms with Gasteiger partial charge in [0.1, 0.15) is 29.2 Å². The average molecular weight is 648 g/mol. The summed E-state index contributed by atoms with van der Waals surface area (Å²) in [5.41, 5.74) is 10.1. The quantitative estimate of drug-likeness (QED) is 0.151. The number of H-pyrrole nitrogens is 1. The number of nitrogen functional groups attached to an aromatic ring is 1. The molecule has 13 nitrogen and oxygen atoms in total. The minimum atomic E-state index is -4.02. The van der Waals surface area contributed by atoms with Crippen LogP contribution in [0.3, 0.4) is 0 Å². The molecule has 4 aromatic heterocycles. The molecule has 0 aliphatic rings. The molecule has 236 valence electrons. The van der Waals surface area contributed by atoms with E-state index in [-0.39, 0.29) is 22.0 Å². The van der Waals surface area contributed by atoms with Gasteiger partial charge in [-0.05, 0) is 85.6 Å². The van der Waals surface area contributed by atoms with Crippen molar-refractivity contribution in [2.24, 2.45) is 0 Å². The van der Waals surface area contributed by atoms with E-state index in [1.807, 2.05) is 56.3 Å². The molecule has 3 aromatic carbocycles. The van der Waals surface area contributed by atoms with E-state index in [9.17, 15) is 18.3 Å². The van der Waals surface area contributed by atoms with Crippen LogP contribution in [0.1, 0.15) is 24.4 Å². The van der Waals surface area contributed by atoms with Gasteiger partial charge in [0.25, 0.3) is 15.6 Å². The van der Waals surface area contributed by atoms with E-state index in [4.69, 9.17) is 10.8 Å². The SMILES string of the molecule is Cc1ccn2nc(C(C)Nc3ncnc(N)c3-c3cc(NS(=O)(=O)c4ccc(O)cc4)c4cc[nH]c4c3)n(-c3ccccc3)c(=O)c12. The third-order valence-electron chi connectivity index (χ3n) is 7.89. The second-order valence-corrected chi connectivity index (χ2v) is 12.7. The fourth-order valence-electron chi connectivity index (χ4n) is 5.63. The molecule has 47 heavy (non-hydrogen) atoms. The van der Waals surface area contributed by atoms with Gasteiger partial charge in [-0.3, -0.25) is 14.1 Å². The number of aromatic hydroxyl groups is 1. The van der Waals surface area contributed by atoms with Crippen molar-refractivity contribution in [2.45, 2.75) is 24.8 Å². The molecule has 0 fully saturated rings. The summed E-state index contributed by atoms with van der Waals surface area (Å²) in [7, 11) is -4.02. The van der Waals surface area contributed by atoms with Gasteiger partial charge in [0.05, 0.1) is 27.9 Å². The van der Waals surface area contributed by atoms with Crippen molar-refractivity contribution in [1.82, 2.24) is 29.1 Å². The molecule has 7 rings (SSSR count). The number of anilines is 3. The smallest absolute Gasteiger partial charge is 0.282 e. The number of nitrogens with two attached hydrogens (primary N) is 1. The number of hydrogen-bond donors (Lipinski definition) is 5. The average Bonchev–Trinajstić information content (AvgIpc) is 3.68. The number of phenolic OH excluding ortho intramolecular Hbond substituents is 1. The number of rotatable bonds is 8. The van der Waals surface area contributed by atoms with Crippen molar-refractivity contribution in [3.63, 3.8) is 0 Å². The summed E-state index contributed by atoms with van der Waals surface area (Å²) >= 11 is 0. The second-order valence-electron chi connectivity index (χ2n) is 11.0. The topological polar surface area (TPSA) is 185 Å². The highest BCUT2D eigenvalue weighted by molar-refractivity contribution is 7.92. The highest BCUT2D eigenvalue weighted by Crippen LogP contribution is 2.38. The number of para-hydroxylation sites is 1. The zero-order chi connectivity index (χ0) is 32.9. The minimum absolute atomic E-state index is 0.0186. The Morgan fingerprint density at radius 3 is 2.53 bits per heavy atom. The van der Waals surface area contributed by atoms with Crippen LogP contribution < -0.4 is 21.3 Å². The van der Waals surface area contributed by atoms with Gasteiger partial charge in [-0.15, -0.1) is 0 Å². The maximum Gasteiger partial charge on any atom is 0.282 e. The zero-order valence-corrected chi connectivity index (χ0v) is 26.0. The Morgan fingerprint density at radius 1 is 1.00 bits per heavy atom. The third-order valence-corrected chi connectivity index (χ3v) is 9.28. The summed E-state index contributed by atoms with van der Waals surface area (Å²) in [4.78, 5) is 25.7. The monoisotopic (exact) mass is 647 g/mol. The zero-order valence-electron chi connectivity index (χ0n) is 25.2. The van der Waals surface area contributed by atoms with Crippen molar-refractivity contribution >= 4 is 43.8 Å². The molecule has 1 unspecified atom stereocenters. The number of aromatic nitrogens is 6. The van der Waals surface area contributed by atoms with Crippen LogP contribution in [0.25, 0.3) is 33.2 Å². The van der Waals surface area contributed by atoms with E-state index in [0.717, 1.165) is 5.56 Å². The molecule has 7 aromatic rings. The number of nitrogens with one attached hydrogen (secondary N) is 3. The Balaban J connectivity index is 1.32. The number of benzene rings is 3. The second kappa shape index (κ2) is 11.3. The molecule has 6 N–H and O–H groups in total. The lowest BCUT2D eigenvalue weighted by molar-refractivity contribution is 0.475. The first-order valence-corrected chi connectivity index (χ1v) is 16.1. The van der Waals surface area contributed by atoms with Gasteiger partial charge in [-0.25, -0.2) is 22.9 Å². The predicted molar refractivity (Wildman–Crippen MR) is 180 cm³/mol. The van der Waals surface area contributed by atoms with Crippen LogP contribution in [0.2, 0.25) is 0 Å². The predicted octanol–water partition coefficient (Wildman–Crippen LogP) is 4.99. The molecule has 0 spiro atoms. The van der Waals surface area contributed by atoms with Gasteiger partial charge in [-0.1, -0.05) is 18.2 Å². The highest BCUT2D eigenvalue weighted by Gasteiger charge is 2.23. The maximum atomic E-state index is 13.9. The highest BCUT2D eigenvalue weighted by atomic mass is 32.2. The van der Waals surface area contributed by atoms with Crippen LogP contribution in [-0.2, 0) is 10.0 Å². The lowest BCUT2D eigenvalue weighted by Gasteiger charge is -2.21. The summed E-state index contributed by atoms with van der Waals surface area (Å²) in [6.45, 7) is 3.72. The van der Waals surface area contributed by atoms with E-state index >= 15 is 0 Å². The fraction of sp³-hybridized carbons (Fsp3) is 0.0909. The summed E-state index contributed by atoms with van der Waals surface area (Å²) in [6.07, 6.45) is 4.77. The number of phenols is 1. The fourth-order valence-corrected chi connectivity index (χ4v) is 6.70. The first kappa shape index (κ1) is 29.6. The van der Waals surface area contributed by atoms with Gasteiger partial charge >= 0.3 is 0 Å². The molecule has 0 saturated carbocycles. The summed E-state index contributed by atoms with van der Waals surface area (Å²) in [5.74, 6) is 0.875. The molecule has 0 radical (unpaired) electrons. The molecular weight excluding hydrogens is 618 g/mol. The van der Waals surface area contributed by atoms with Crippen molar-refractivity contribution in [3.05, 3.63) is 119 Å². The Hall–Kier alpha value is -6.15. The molecule has 14 heteroatoms. The standard InChI is InChI=1S/C33H29N9O4S/c1-19-13-15-41-29(19)33(44)42(22-6-4-3-5-7-22)32(39-41)20(2)38-31-28(30(34)36-18-37-31)21-16-26-25(12-14-35-26)27(17-21)40-47(45,46)24-10-8-23(43)9-11-24/h3-18,20,35,40,43H,1-2H3,(H3,34,36,37,38). The van der Waals surface area contributed by atoms with Crippen LogP contribution >= 0.6 is 0 Å². The molecule has 0 aliphatic carbocycles. The van der Waals surface area contributed by atoms with E-state index in [0.29, 0.717) is 50.6 Å². The first-order chi connectivity index (χ1) is 22.6. The molecule has 0 bridgehead atoms. The van der Waals surface area contributed by atoms with Crippen molar-refractivity contribution < 1.29 is 13.5 Å². The molecule has 0 aliphatic heterocycles. The Kier molecular flexibility index (Phi) is 7.13. The van der Waals surface area contributed by atoms with Gasteiger partial charge in [0.15, 0.2) is 5.82 Å². The van der Waals surface area contributed by atoms with Crippen LogP contribution in [0.4, 0.5) is 17.3 Å². The minimum Gasteiger partial charge on any atom is -0.508 e. The number of aryl methyl sites for hydroxylation is 1. The van der Waals surface area contributed by atoms with Gasteiger partial charge in [-0.2, -0.15) is 5.10 Å². The van der Waals surface area contributed by atoms with Crippen LogP contribution in [0.5, 0.6) is 5.75 Å². The maximum absolute atomic E-state index is 13.9. The Bertz CT molecular complexity index is 2450. The summed E-state index contributed by atoms with van der Waals surface area (Å²) < 4.78 is 32.5. The molecule has 1 atom stereocenters. The van der Waals surface area contributed by atoms with E-state index in [2.05, 4.69) is 25.0 Å². The number of fused-ring (bicyclic) bond motifs is 2. The first-order valence-electron chi connectivity index (χ1n) is 14.6. The van der Waals surface area contributed by atoms with Crippen molar-refractivity contribution in [2.75, 3.05) is 15.8 Å². The van der Waals surface area contributed by atoms with E-state index < -0.39 is 16.1 Å². The Labute approximate surface area is 268 Å². The lowest BCUT2D eigenvalue weighted by Crippen LogP contribution is -2.29. The molecule has 0 saturated heterocycles. The van der Waals surface area contributed by atoms with Gasteiger partial charge in [0.2, 0.25) is 0 Å². The van der Waals surface area contributed by atoms with Crippen LogP contribution in [-0.4, -0.2) is 42.7 Å². The Morgan fingerprint density at radius 2 is 1.77 bits per heavy atom. The van der Waals surface area contributed by atoms with E-state index in [1.54, 1.807) is 33.6 Å². The molecule has 0 amide bonds. The van der Waals surface area contributed by atoms with Gasteiger partial charge < -0.3 is 21.1 Å². The normalized spacial score (nSPS) is 12.4. The van der Waals surface area contributed by atoms with Crippen molar-refractivity contribution in [3.8, 4) is 22.6 Å². The number of aromatic amines is 1.